The second-order valence-electron chi connectivity index (χ2n) is 5.38. The molecule has 5 heteroatoms. The first-order valence-electron chi connectivity index (χ1n) is 6.96. The molecule has 0 aromatic rings. The van der Waals surface area contributed by atoms with Gasteiger partial charge in [0.25, 0.3) is 0 Å². The Balaban J connectivity index is 1.70. The standard InChI is InChI=1S/C13H25N3O2/c1-10(13(17)15-5-3-7-18-2)16-8-11-4-6-14-12(11)9-16/h10-12,14H,3-9H2,1-2H3,(H,15,17)/t10?,11-,12+/m0/s1. The lowest BCUT2D eigenvalue weighted by Gasteiger charge is -2.24. The van der Waals surface area contributed by atoms with E-state index < -0.39 is 0 Å². The lowest BCUT2D eigenvalue weighted by Crippen LogP contribution is -2.45. The summed E-state index contributed by atoms with van der Waals surface area (Å²) in [5.41, 5.74) is 0. The van der Waals surface area contributed by atoms with E-state index >= 15 is 0 Å². The van der Waals surface area contributed by atoms with Gasteiger partial charge in [-0.1, -0.05) is 0 Å². The molecule has 2 saturated heterocycles. The number of fused-ring (bicyclic) bond motifs is 1. The molecular weight excluding hydrogens is 230 g/mol. The highest BCUT2D eigenvalue weighted by Crippen LogP contribution is 2.25. The van der Waals surface area contributed by atoms with Gasteiger partial charge in [-0.2, -0.15) is 0 Å². The van der Waals surface area contributed by atoms with Crippen LogP contribution in [0.25, 0.3) is 0 Å². The van der Waals surface area contributed by atoms with Crippen molar-refractivity contribution in [2.45, 2.75) is 31.8 Å². The highest BCUT2D eigenvalue weighted by Gasteiger charge is 2.38. The first kappa shape index (κ1) is 13.8. The minimum Gasteiger partial charge on any atom is -0.385 e. The van der Waals surface area contributed by atoms with Crippen LogP contribution < -0.4 is 10.6 Å². The summed E-state index contributed by atoms with van der Waals surface area (Å²) in [5.74, 6) is 0.889. The predicted molar refractivity (Wildman–Crippen MR) is 70.4 cm³/mol. The third-order valence-electron chi connectivity index (χ3n) is 4.14. The lowest BCUT2D eigenvalue weighted by molar-refractivity contribution is -0.125. The number of nitrogens with one attached hydrogen (secondary N) is 2. The summed E-state index contributed by atoms with van der Waals surface area (Å²) in [5, 5.41) is 6.49. The van der Waals surface area contributed by atoms with Crippen LogP contribution in [0, 0.1) is 5.92 Å². The zero-order valence-corrected chi connectivity index (χ0v) is 11.4. The van der Waals surface area contributed by atoms with Crippen LogP contribution in [-0.2, 0) is 9.53 Å². The van der Waals surface area contributed by atoms with Gasteiger partial charge in [0, 0.05) is 39.4 Å². The molecule has 0 aromatic heterocycles. The molecule has 104 valence electrons. The maximum atomic E-state index is 12.0. The van der Waals surface area contributed by atoms with Crippen molar-refractivity contribution in [1.82, 2.24) is 15.5 Å². The van der Waals surface area contributed by atoms with E-state index in [2.05, 4.69) is 15.5 Å². The van der Waals surface area contributed by atoms with Gasteiger partial charge in [0.15, 0.2) is 0 Å². The van der Waals surface area contributed by atoms with Gasteiger partial charge in [0.1, 0.15) is 0 Å². The van der Waals surface area contributed by atoms with E-state index in [0.717, 1.165) is 32.0 Å². The van der Waals surface area contributed by atoms with E-state index in [1.807, 2.05) is 6.92 Å². The zero-order valence-electron chi connectivity index (χ0n) is 11.4. The molecule has 0 radical (unpaired) electrons. The Bertz CT molecular complexity index is 273. The van der Waals surface area contributed by atoms with Crippen molar-refractivity contribution in [3.05, 3.63) is 0 Å². The third kappa shape index (κ3) is 3.22. The summed E-state index contributed by atoms with van der Waals surface area (Å²) in [6.07, 6.45) is 2.13. The molecule has 0 spiro atoms. The van der Waals surface area contributed by atoms with E-state index in [1.165, 1.54) is 6.42 Å². The topological polar surface area (TPSA) is 53.6 Å². The van der Waals surface area contributed by atoms with Gasteiger partial charge in [0.2, 0.25) is 5.91 Å². The van der Waals surface area contributed by atoms with Gasteiger partial charge in [-0.25, -0.2) is 0 Å². The number of methoxy groups -OCH3 is 1. The van der Waals surface area contributed by atoms with Gasteiger partial charge in [-0.05, 0) is 32.2 Å². The number of carbonyl (C=O) groups excluding carboxylic acids is 1. The van der Waals surface area contributed by atoms with Crippen LogP contribution >= 0.6 is 0 Å². The molecule has 2 rings (SSSR count). The van der Waals surface area contributed by atoms with E-state index in [4.69, 9.17) is 4.74 Å². The summed E-state index contributed by atoms with van der Waals surface area (Å²) in [7, 11) is 1.68. The van der Waals surface area contributed by atoms with Gasteiger partial charge in [0.05, 0.1) is 6.04 Å². The van der Waals surface area contributed by atoms with Crippen molar-refractivity contribution in [2.24, 2.45) is 5.92 Å². The summed E-state index contributed by atoms with van der Waals surface area (Å²) in [6.45, 7) is 6.62. The second kappa shape index (κ2) is 6.50. The van der Waals surface area contributed by atoms with Crippen LogP contribution in [0.1, 0.15) is 19.8 Å². The van der Waals surface area contributed by atoms with E-state index in [0.29, 0.717) is 19.2 Å². The monoisotopic (exact) mass is 255 g/mol. The minimum absolute atomic E-state index is 0.0139. The number of hydrogen-bond donors (Lipinski definition) is 2. The SMILES string of the molecule is COCCCNC(=O)C(C)N1C[C@@H]2CCN[C@@H]2C1. The van der Waals surface area contributed by atoms with Crippen LogP contribution in [0.5, 0.6) is 0 Å². The number of hydrogen-bond acceptors (Lipinski definition) is 4. The van der Waals surface area contributed by atoms with Crippen molar-refractivity contribution < 1.29 is 9.53 Å². The number of carbonyl (C=O) groups is 1. The van der Waals surface area contributed by atoms with Crippen molar-refractivity contribution in [3.63, 3.8) is 0 Å². The van der Waals surface area contributed by atoms with Crippen LogP contribution in [-0.4, -0.2) is 62.8 Å². The Morgan fingerprint density at radius 1 is 1.56 bits per heavy atom. The van der Waals surface area contributed by atoms with Gasteiger partial charge in [-0.3, -0.25) is 9.69 Å². The maximum absolute atomic E-state index is 12.0. The maximum Gasteiger partial charge on any atom is 0.237 e. The molecule has 2 fully saturated rings. The molecule has 2 aliphatic rings. The fraction of sp³-hybridized carbons (Fsp3) is 0.923. The normalized spacial score (nSPS) is 29.2. The second-order valence-corrected chi connectivity index (χ2v) is 5.38. The molecular formula is C13H25N3O2. The van der Waals surface area contributed by atoms with Crippen molar-refractivity contribution in [1.29, 1.82) is 0 Å². The first-order chi connectivity index (χ1) is 8.72. The summed E-state index contributed by atoms with van der Waals surface area (Å²) in [4.78, 5) is 14.3. The Morgan fingerprint density at radius 2 is 2.39 bits per heavy atom. The van der Waals surface area contributed by atoms with Crippen molar-refractivity contribution >= 4 is 5.91 Å². The first-order valence-corrected chi connectivity index (χ1v) is 6.96. The van der Waals surface area contributed by atoms with Gasteiger partial charge in [-0.15, -0.1) is 0 Å². The Kier molecular flexibility index (Phi) is 4.97. The molecule has 0 aromatic carbocycles. The molecule has 2 heterocycles. The molecule has 3 atom stereocenters. The van der Waals surface area contributed by atoms with Crippen LogP contribution in [0.15, 0.2) is 0 Å². The third-order valence-corrected chi connectivity index (χ3v) is 4.14. The van der Waals surface area contributed by atoms with Crippen LogP contribution in [0.4, 0.5) is 0 Å². The molecule has 2 N–H and O–H groups in total. The van der Waals surface area contributed by atoms with Gasteiger partial charge >= 0.3 is 0 Å². The molecule has 1 unspecified atom stereocenters. The lowest BCUT2D eigenvalue weighted by atomic mass is 10.1. The fourth-order valence-electron chi connectivity index (χ4n) is 2.94. The van der Waals surface area contributed by atoms with E-state index in [1.54, 1.807) is 7.11 Å². The fourth-order valence-corrected chi connectivity index (χ4v) is 2.94. The summed E-state index contributed by atoms with van der Waals surface area (Å²) < 4.78 is 4.96. The average molecular weight is 255 g/mol. The van der Waals surface area contributed by atoms with Crippen LogP contribution in [0.2, 0.25) is 0 Å². The molecule has 18 heavy (non-hydrogen) atoms. The highest BCUT2D eigenvalue weighted by atomic mass is 16.5. The Hall–Kier alpha value is -0.650. The smallest absolute Gasteiger partial charge is 0.237 e. The van der Waals surface area contributed by atoms with Crippen molar-refractivity contribution in [3.8, 4) is 0 Å². The zero-order chi connectivity index (χ0) is 13.0. The van der Waals surface area contributed by atoms with E-state index in [9.17, 15) is 4.79 Å². The molecule has 5 nitrogen and oxygen atoms in total. The Morgan fingerprint density at radius 3 is 3.11 bits per heavy atom. The highest BCUT2D eigenvalue weighted by molar-refractivity contribution is 5.81. The molecule has 1 amide bonds. The summed E-state index contributed by atoms with van der Waals surface area (Å²) >= 11 is 0. The van der Waals surface area contributed by atoms with Gasteiger partial charge < -0.3 is 15.4 Å². The molecule has 0 aliphatic carbocycles. The van der Waals surface area contributed by atoms with Crippen molar-refractivity contribution in [2.75, 3.05) is 39.9 Å². The average Bonchev–Trinajstić information content (AvgIpc) is 2.94. The molecule has 2 aliphatic heterocycles. The number of amides is 1. The van der Waals surface area contributed by atoms with E-state index in [-0.39, 0.29) is 11.9 Å². The Labute approximate surface area is 109 Å². The number of nitrogens with zero attached hydrogens (tertiary/aromatic N) is 1. The largest absolute Gasteiger partial charge is 0.385 e. The predicted octanol–water partition coefficient (Wildman–Crippen LogP) is -0.179. The number of likely N-dealkylation sites (tertiary alicyclic amines) is 1. The number of ether oxygens (including phenoxy) is 1. The van der Waals surface area contributed by atoms with Crippen LogP contribution in [0.3, 0.4) is 0 Å². The molecule has 0 bridgehead atoms. The molecule has 0 saturated carbocycles. The minimum atomic E-state index is -0.0139. The number of rotatable bonds is 6. The quantitative estimate of drug-likeness (QED) is 0.647. The summed E-state index contributed by atoms with van der Waals surface area (Å²) in [6, 6.07) is 0.591.